The number of aryl methyl sites for hydroxylation is 1. The van der Waals surface area contributed by atoms with Crippen LogP contribution in [0.15, 0.2) is 22.7 Å². The third-order valence-corrected chi connectivity index (χ3v) is 2.62. The fourth-order valence-electron chi connectivity index (χ4n) is 1.56. The van der Waals surface area contributed by atoms with Gasteiger partial charge in [0.05, 0.1) is 10.6 Å². The van der Waals surface area contributed by atoms with Crippen molar-refractivity contribution in [2.45, 2.75) is 13.3 Å². The van der Waals surface area contributed by atoms with Gasteiger partial charge in [0.2, 0.25) is 0 Å². The minimum absolute atomic E-state index is 0.269. The van der Waals surface area contributed by atoms with E-state index in [4.69, 9.17) is 21.9 Å². The van der Waals surface area contributed by atoms with Crippen molar-refractivity contribution in [1.82, 2.24) is 5.16 Å². The molecule has 0 unspecified atom stereocenters. The molecule has 0 spiro atoms. The number of benzene rings is 1. The zero-order valence-electron chi connectivity index (χ0n) is 8.63. The Morgan fingerprint density at radius 3 is 2.88 bits per heavy atom. The van der Waals surface area contributed by atoms with E-state index in [0.29, 0.717) is 28.3 Å². The first-order chi connectivity index (χ1) is 7.63. The fourth-order valence-corrected chi connectivity index (χ4v) is 1.82. The van der Waals surface area contributed by atoms with Crippen molar-refractivity contribution in [3.63, 3.8) is 0 Å². The summed E-state index contributed by atoms with van der Waals surface area (Å²) in [6.07, 6.45) is 0.646. The topological polar surface area (TPSA) is 52.0 Å². The molecule has 0 bridgehead atoms. The minimum atomic E-state index is -0.387. The lowest BCUT2D eigenvalue weighted by Crippen LogP contribution is -1.91. The summed E-state index contributed by atoms with van der Waals surface area (Å²) in [6.45, 7) is 1.92. The average molecular weight is 241 g/mol. The number of hydrogen-bond acceptors (Lipinski definition) is 3. The highest BCUT2D eigenvalue weighted by Gasteiger charge is 2.17. The van der Waals surface area contributed by atoms with Crippen LogP contribution in [0.2, 0.25) is 5.02 Å². The van der Waals surface area contributed by atoms with Crippen molar-refractivity contribution in [3.8, 4) is 11.1 Å². The maximum Gasteiger partial charge on any atom is 0.175 e. The summed E-state index contributed by atoms with van der Waals surface area (Å²) >= 11 is 5.96. The number of aromatic nitrogens is 1. The molecule has 0 aliphatic carbocycles. The molecular weight excluding hydrogens is 231 g/mol. The molecule has 0 amide bonds. The zero-order chi connectivity index (χ0) is 11.7. The Morgan fingerprint density at radius 1 is 1.50 bits per heavy atom. The van der Waals surface area contributed by atoms with Gasteiger partial charge in [-0.2, -0.15) is 0 Å². The van der Waals surface area contributed by atoms with Gasteiger partial charge in [0, 0.05) is 12.0 Å². The number of nitrogens with two attached hydrogens (primary N) is 1. The average Bonchev–Trinajstić information content (AvgIpc) is 2.60. The predicted octanol–water partition coefficient (Wildman–Crippen LogP) is 3.28. The molecule has 0 aliphatic rings. The summed E-state index contributed by atoms with van der Waals surface area (Å²) in [5, 5.41) is 3.97. The van der Waals surface area contributed by atoms with Gasteiger partial charge in [-0.1, -0.05) is 23.7 Å². The number of nitrogens with zero attached hydrogens (tertiary/aromatic N) is 1. The van der Waals surface area contributed by atoms with Crippen LogP contribution in [0.5, 0.6) is 0 Å². The Labute approximate surface area is 97.0 Å². The molecule has 16 heavy (non-hydrogen) atoms. The summed E-state index contributed by atoms with van der Waals surface area (Å²) in [5.74, 6) is 0.526. The molecule has 2 aromatic rings. The first-order valence-electron chi connectivity index (χ1n) is 4.83. The first kappa shape index (κ1) is 11.0. The van der Waals surface area contributed by atoms with Crippen molar-refractivity contribution in [3.05, 3.63) is 34.8 Å². The van der Waals surface area contributed by atoms with Gasteiger partial charge in [0.25, 0.3) is 0 Å². The third kappa shape index (κ3) is 1.76. The van der Waals surface area contributed by atoms with Crippen molar-refractivity contribution >= 4 is 17.4 Å². The molecule has 0 atom stereocenters. The monoisotopic (exact) mass is 240 g/mol. The van der Waals surface area contributed by atoms with Crippen LogP contribution >= 0.6 is 11.6 Å². The molecular formula is C11H10ClFN2O. The standard InChI is InChI=1S/C11H10ClFN2O/c1-2-9-10(11(14)15-16-9)7-4-3-6(13)5-8(7)12/h3-5H,2H2,1H3,(H2,14,15). The Balaban J connectivity index is 2.62. The van der Waals surface area contributed by atoms with Crippen LogP contribution in [0.4, 0.5) is 10.2 Å². The van der Waals surface area contributed by atoms with E-state index in [1.54, 1.807) is 6.07 Å². The lowest BCUT2D eigenvalue weighted by atomic mass is 10.0. The smallest absolute Gasteiger partial charge is 0.175 e. The molecule has 3 nitrogen and oxygen atoms in total. The van der Waals surface area contributed by atoms with E-state index >= 15 is 0 Å². The molecule has 1 aromatic heterocycles. The van der Waals surface area contributed by atoms with Crippen LogP contribution in [0.3, 0.4) is 0 Å². The minimum Gasteiger partial charge on any atom is -0.380 e. The van der Waals surface area contributed by atoms with Crippen molar-refractivity contribution in [1.29, 1.82) is 0 Å². The van der Waals surface area contributed by atoms with Crippen molar-refractivity contribution < 1.29 is 8.91 Å². The summed E-state index contributed by atoms with van der Waals surface area (Å²) in [7, 11) is 0. The van der Waals surface area contributed by atoms with Crippen LogP contribution in [0.1, 0.15) is 12.7 Å². The quantitative estimate of drug-likeness (QED) is 0.876. The molecule has 0 saturated carbocycles. The highest BCUT2D eigenvalue weighted by atomic mass is 35.5. The number of hydrogen-bond donors (Lipinski definition) is 1. The van der Waals surface area contributed by atoms with Crippen LogP contribution in [-0.2, 0) is 6.42 Å². The van der Waals surface area contributed by atoms with Gasteiger partial charge in [-0.3, -0.25) is 0 Å². The second-order valence-electron chi connectivity index (χ2n) is 3.34. The molecule has 0 fully saturated rings. The van der Waals surface area contributed by atoms with E-state index in [0.717, 1.165) is 0 Å². The van der Waals surface area contributed by atoms with Gasteiger partial charge in [-0.05, 0) is 18.2 Å². The molecule has 5 heteroatoms. The molecule has 0 saturated heterocycles. The molecule has 1 heterocycles. The highest BCUT2D eigenvalue weighted by molar-refractivity contribution is 6.33. The van der Waals surface area contributed by atoms with Crippen LogP contribution < -0.4 is 5.73 Å². The van der Waals surface area contributed by atoms with Crippen molar-refractivity contribution in [2.75, 3.05) is 5.73 Å². The summed E-state index contributed by atoms with van der Waals surface area (Å²) in [4.78, 5) is 0. The van der Waals surface area contributed by atoms with Crippen LogP contribution in [0.25, 0.3) is 11.1 Å². The lowest BCUT2D eigenvalue weighted by Gasteiger charge is -2.03. The van der Waals surface area contributed by atoms with Gasteiger partial charge >= 0.3 is 0 Å². The number of rotatable bonds is 2. The Hall–Kier alpha value is -1.55. The van der Waals surface area contributed by atoms with Gasteiger partial charge in [0.15, 0.2) is 5.82 Å². The van der Waals surface area contributed by atoms with Gasteiger partial charge in [-0.15, -0.1) is 0 Å². The highest BCUT2D eigenvalue weighted by Crippen LogP contribution is 2.35. The van der Waals surface area contributed by atoms with Crippen LogP contribution in [-0.4, -0.2) is 5.16 Å². The number of nitrogen functional groups attached to an aromatic ring is 1. The van der Waals surface area contributed by atoms with E-state index in [1.165, 1.54) is 12.1 Å². The predicted molar refractivity (Wildman–Crippen MR) is 60.7 cm³/mol. The zero-order valence-corrected chi connectivity index (χ0v) is 9.38. The van der Waals surface area contributed by atoms with E-state index in [2.05, 4.69) is 5.16 Å². The summed E-state index contributed by atoms with van der Waals surface area (Å²) in [6, 6.07) is 4.13. The maximum atomic E-state index is 12.9. The maximum absolute atomic E-state index is 12.9. The summed E-state index contributed by atoms with van der Waals surface area (Å²) in [5.41, 5.74) is 6.98. The Bertz CT molecular complexity index is 525. The number of anilines is 1. The molecule has 2 rings (SSSR count). The van der Waals surface area contributed by atoms with Gasteiger partial charge in [0.1, 0.15) is 11.6 Å². The van der Waals surface area contributed by atoms with E-state index in [1.807, 2.05) is 6.92 Å². The van der Waals surface area contributed by atoms with Gasteiger partial charge < -0.3 is 10.3 Å². The third-order valence-electron chi connectivity index (χ3n) is 2.31. The molecule has 0 aliphatic heterocycles. The number of halogens is 2. The molecule has 2 N–H and O–H groups in total. The van der Waals surface area contributed by atoms with E-state index in [9.17, 15) is 4.39 Å². The van der Waals surface area contributed by atoms with Gasteiger partial charge in [-0.25, -0.2) is 4.39 Å². The van der Waals surface area contributed by atoms with Crippen molar-refractivity contribution in [2.24, 2.45) is 0 Å². The second-order valence-corrected chi connectivity index (χ2v) is 3.75. The van der Waals surface area contributed by atoms with Crippen LogP contribution in [0, 0.1) is 5.82 Å². The van der Waals surface area contributed by atoms with E-state index < -0.39 is 0 Å². The Morgan fingerprint density at radius 2 is 2.25 bits per heavy atom. The fraction of sp³-hybridized carbons (Fsp3) is 0.182. The molecule has 0 radical (unpaired) electrons. The Kier molecular flexibility index (Phi) is 2.83. The SMILES string of the molecule is CCc1onc(N)c1-c1ccc(F)cc1Cl. The largest absolute Gasteiger partial charge is 0.380 e. The van der Waals surface area contributed by atoms with E-state index in [-0.39, 0.29) is 11.6 Å². The molecule has 1 aromatic carbocycles. The normalized spacial score (nSPS) is 10.7. The first-order valence-corrected chi connectivity index (χ1v) is 5.20. The lowest BCUT2D eigenvalue weighted by molar-refractivity contribution is 0.390. The summed E-state index contributed by atoms with van der Waals surface area (Å²) < 4.78 is 18.0. The molecule has 84 valence electrons. The second kappa shape index (κ2) is 4.14.